The molecule has 2 rings (SSSR count). The molecule has 1 saturated heterocycles. The first kappa shape index (κ1) is 22.0. The molecule has 0 aliphatic carbocycles. The van der Waals surface area contributed by atoms with Gasteiger partial charge in [-0.3, -0.25) is 4.79 Å². The molecule has 0 unspecified atom stereocenters. The van der Waals surface area contributed by atoms with E-state index in [2.05, 4.69) is 9.62 Å². The fraction of sp³-hybridized carbons (Fsp3) is 0.588. The minimum absolute atomic E-state index is 0. The number of carbonyl (C=O) groups excluding carboxylic acids is 1. The molecular weight excluding hydrogens is 367 g/mol. The van der Waals surface area contributed by atoms with Crippen molar-refractivity contribution in [1.29, 1.82) is 0 Å². The molecule has 1 aliphatic rings. The van der Waals surface area contributed by atoms with Crippen molar-refractivity contribution < 1.29 is 17.6 Å². The predicted octanol–water partition coefficient (Wildman–Crippen LogP) is 2.61. The van der Waals surface area contributed by atoms with E-state index in [0.29, 0.717) is 12.0 Å². The topological polar surface area (TPSA) is 66.5 Å². The van der Waals surface area contributed by atoms with Crippen LogP contribution in [0.15, 0.2) is 24.3 Å². The van der Waals surface area contributed by atoms with E-state index in [1.54, 1.807) is 6.92 Å². The average Bonchev–Trinajstić information content (AvgIpc) is 2.57. The van der Waals surface area contributed by atoms with Gasteiger partial charge in [-0.2, -0.15) is 0 Å². The molecule has 0 radical (unpaired) electrons. The summed E-state index contributed by atoms with van der Waals surface area (Å²) in [5, 5.41) is 0. The van der Waals surface area contributed by atoms with Gasteiger partial charge in [-0.05, 0) is 70.1 Å². The molecule has 0 bridgehead atoms. The first-order valence-corrected chi connectivity index (χ1v) is 10.1. The van der Waals surface area contributed by atoms with Crippen LogP contribution in [0, 0.1) is 5.82 Å². The van der Waals surface area contributed by atoms with Crippen LogP contribution >= 0.6 is 12.4 Å². The largest absolute Gasteiger partial charge is 0.303 e. The number of ketones is 1. The van der Waals surface area contributed by atoms with Crippen molar-refractivity contribution in [3.8, 4) is 0 Å². The second-order valence-corrected chi connectivity index (χ2v) is 8.21. The van der Waals surface area contributed by atoms with Crippen molar-refractivity contribution in [3.05, 3.63) is 35.6 Å². The Kier molecular flexibility index (Phi) is 8.99. The number of likely N-dealkylation sites (tertiary alicyclic amines) is 1. The van der Waals surface area contributed by atoms with E-state index < -0.39 is 10.0 Å². The zero-order chi connectivity index (χ0) is 17.6. The van der Waals surface area contributed by atoms with Crippen LogP contribution in [0.2, 0.25) is 0 Å². The smallest absolute Gasteiger partial charge is 0.211 e. The van der Waals surface area contributed by atoms with E-state index >= 15 is 0 Å². The summed E-state index contributed by atoms with van der Waals surface area (Å²) in [7, 11) is -3.14. The van der Waals surface area contributed by atoms with Crippen LogP contribution in [0.25, 0.3) is 0 Å². The fourth-order valence-electron chi connectivity index (χ4n) is 2.86. The van der Waals surface area contributed by atoms with Crippen LogP contribution in [0.1, 0.15) is 43.0 Å². The number of benzene rings is 1. The third-order valence-corrected chi connectivity index (χ3v) is 5.81. The Morgan fingerprint density at radius 2 is 1.84 bits per heavy atom. The Morgan fingerprint density at radius 3 is 2.40 bits per heavy atom. The molecule has 0 atom stereocenters. The van der Waals surface area contributed by atoms with Gasteiger partial charge in [0.05, 0.1) is 5.75 Å². The molecule has 5 nitrogen and oxygen atoms in total. The number of hydrogen-bond donors (Lipinski definition) is 1. The van der Waals surface area contributed by atoms with Gasteiger partial charge in [-0.1, -0.05) is 0 Å². The molecule has 0 amide bonds. The van der Waals surface area contributed by atoms with Crippen molar-refractivity contribution in [3.63, 3.8) is 0 Å². The van der Waals surface area contributed by atoms with Crippen LogP contribution in [0.4, 0.5) is 4.39 Å². The number of piperidine rings is 1. The lowest BCUT2D eigenvalue weighted by Gasteiger charge is -2.32. The molecule has 1 fully saturated rings. The molecule has 0 aromatic heterocycles. The van der Waals surface area contributed by atoms with Crippen molar-refractivity contribution >= 4 is 28.2 Å². The van der Waals surface area contributed by atoms with Gasteiger partial charge >= 0.3 is 0 Å². The van der Waals surface area contributed by atoms with Gasteiger partial charge < -0.3 is 4.90 Å². The number of rotatable bonds is 8. The number of nitrogens with zero attached hydrogens (tertiary/aromatic N) is 1. The second-order valence-electron chi connectivity index (χ2n) is 6.17. The highest BCUT2D eigenvalue weighted by atomic mass is 35.5. The summed E-state index contributed by atoms with van der Waals surface area (Å²) in [5.74, 6) is -0.202. The van der Waals surface area contributed by atoms with E-state index in [9.17, 15) is 17.6 Å². The first-order valence-electron chi connectivity index (χ1n) is 8.41. The summed E-state index contributed by atoms with van der Waals surface area (Å²) in [5.41, 5.74) is 0.545. The SMILES string of the molecule is CCS(=O)(=O)NC1CCN(CCCC(=O)c2ccc(F)cc2)CC1.Cl. The third kappa shape index (κ3) is 7.40. The molecular formula is C17H26ClFN2O3S. The Morgan fingerprint density at radius 1 is 1.24 bits per heavy atom. The van der Waals surface area contributed by atoms with Crippen molar-refractivity contribution in [1.82, 2.24) is 9.62 Å². The summed E-state index contributed by atoms with van der Waals surface area (Å²) < 4.78 is 38.7. The van der Waals surface area contributed by atoms with Gasteiger partial charge in [0.25, 0.3) is 0 Å². The lowest BCUT2D eigenvalue weighted by Crippen LogP contribution is -2.45. The maximum atomic E-state index is 12.8. The quantitative estimate of drug-likeness (QED) is 0.690. The van der Waals surface area contributed by atoms with E-state index in [1.165, 1.54) is 24.3 Å². The first-order chi connectivity index (χ1) is 11.4. The third-order valence-electron chi connectivity index (χ3n) is 4.36. The maximum absolute atomic E-state index is 12.8. The zero-order valence-corrected chi connectivity index (χ0v) is 16.0. The van der Waals surface area contributed by atoms with E-state index in [0.717, 1.165) is 38.9 Å². The average molecular weight is 393 g/mol. The Hall–Kier alpha value is -1.02. The number of nitrogens with one attached hydrogen (secondary N) is 1. The van der Waals surface area contributed by atoms with Gasteiger partial charge in [0.1, 0.15) is 5.82 Å². The van der Waals surface area contributed by atoms with Crippen molar-refractivity contribution in [2.75, 3.05) is 25.4 Å². The lowest BCUT2D eigenvalue weighted by atomic mass is 10.0. The summed E-state index contributed by atoms with van der Waals surface area (Å²) in [6, 6.07) is 5.66. The molecule has 25 heavy (non-hydrogen) atoms. The maximum Gasteiger partial charge on any atom is 0.211 e. The molecule has 8 heteroatoms. The number of carbonyl (C=O) groups is 1. The summed E-state index contributed by atoms with van der Waals surface area (Å²) in [6.45, 7) is 4.12. The molecule has 142 valence electrons. The van der Waals surface area contributed by atoms with Crippen LogP contribution in [0.5, 0.6) is 0 Å². The number of halogens is 2. The minimum Gasteiger partial charge on any atom is -0.303 e. The van der Waals surface area contributed by atoms with Gasteiger partial charge in [0.2, 0.25) is 10.0 Å². The fourth-order valence-corrected chi connectivity index (χ4v) is 3.77. The summed E-state index contributed by atoms with van der Waals surface area (Å²) >= 11 is 0. The minimum atomic E-state index is -3.14. The van der Waals surface area contributed by atoms with Crippen LogP contribution in [0.3, 0.4) is 0 Å². The van der Waals surface area contributed by atoms with Crippen LogP contribution in [-0.2, 0) is 10.0 Å². The molecule has 0 spiro atoms. The van der Waals surface area contributed by atoms with Gasteiger partial charge in [0.15, 0.2) is 5.78 Å². The predicted molar refractivity (Wildman–Crippen MR) is 99.3 cm³/mol. The standard InChI is InChI=1S/C17H25FN2O3S.ClH/c1-2-24(22,23)19-16-9-12-20(13-10-16)11-3-4-17(21)14-5-7-15(18)8-6-14;/h5-8,16,19H,2-4,9-13H2,1H3;1H. The Bertz CT molecular complexity index is 644. The highest BCUT2D eigenvalue weighted by Gasteiger charge is 2.22. The van der Waals surface area contributed by atoms with Gasteiger partial charge in [-0.25, -0.2) is 17.5 Å². The van der Waals surface area contributed by atoms with E-state index in [1.807, 2.05) is 0 Å². The second kappa shape index (κ2) is 10.2. The Labute approximate surface area is 155 Å². The molecule has 1 aromatic carbocycles. The zero-order valence-electron chi connectivity index (χ0n) is 14.4. The van der Waals surface area contributed by atoms with E-state index in [4.69, 9.17) is 0 Å². The highest BCUT2D eigenvalue weighted by molar-refractivity contribution is 7.89. The number of Topliss-reactive ketones (excluding diaryl/α,β-unsaturated/α-hetero) is 1. The van der Waals surface area contributed by atoms with Gasteiger partial charge in [-0.15, -0.1) is 12.4 Å². The van der Waals surface area contributed by atoms with Gasteiger partial charge in [0, 0.05) is 18.0 Å². The Balaban J connectivity index is 0.00000312. The lowest BCUT2D eigenvalue weighted by molar-refractivity contribution is 0.0972. The number of sulfonamides is 1. The summed E-state index contributed by atoms with van der Waals surface area (Å²) in [6.07, 6.45) is 2.78. The van der Waals surface area contributed by atoms with Crippen LogP contribution < -0.4 is 4.72 Å². The van der Waals surface area contributed by atoms with E-state index in [-0.39, 0.29) is 35.8 Å². The van der Waals surface area contributed by atoms with Crippen LogP contribution in [-0.4, -0.2) is 50.5 Å². The highest BCUT2D eigenvalue weighted by Crippen LogP contribution is 2.13. The molecule has 1 aliphatic heterocycles. The van der Waals surface area contributed by atoms with Crippen molar-refractivity contribution in [2.24, 2.45) is 0 Å². The molecule has 1 aromatic rings. The molecule has 0 saturated carbocycles. The molecule has 1 heterocycles. The summed E-state index contributed by atoms with van der Waals surface area (Å²) in [4.78, 5) is 14.3. The van der Waals surface area contributed by atoms with Crippen molar-refractivity contribution in [2.45, 2.75) is 38.6 Å². The number of hydrogen-bond acceptors (Lipinski definition) is 4. The monoisotopic (exact) mass is 392 g/mol. The molecule has 1 N–H and O–H groups in total. The normalized spacial score (nSPS) is 16.4.